The molecule has 0 spiro atoms. The molecule has 2 aromatic rings. The van der Waals surface area contributed by atoms with Crippen LogP contribution in [-0.4, -0.2) is 4.57 Å². The summed E-state index contributed by atoms with van der Waals surface area (Å²) in [7, 11) is 0. The molecule has 1 fully saturated rings. The minimum atomic E-state index is 0.775. The van der Waals surface area contributed by atoms with E-state index >= 15 is 0 Å². The first kappa shape index (κ1) is 16.1. The lowest BCUT2D eigenvalue weighted by molar-refractivity contribution is 0.424. The highest BCUT2D eigenvalue weighted by Gasteiger charge is 2.22. The highest BCUT2D eigenvalue weighted by Crippen LogP contribution is 2.36. The molecular formula is C20H26IN. The second-order valence-electron chi connectivity index (χ2n) is 6.52. The average molecular weight is 407 g/mol. The summed E-state index contributed by atoms with van der Waals surface area (Å²) in [6, 6.07) is 13.4. The van der Waals surface area contributed by atoms with Gasteiger partial charge in [-0.05, 0) is 59.4 Å². The second-order valence-corrected chi connectivity index (χ2v) is 7.68. The zero-order valence-corrected chi connectivity index (χ0v) is 15.7. The van der Waals surface area contributed by atoms with Gasteiger partial charge in [0.1, 0.15) is 0 Å². The van der Waals surface area contributed by atoms with Gasteiger partial charge in [0.25, 0.3) is 0 Å². The van der Waals surface area contributed by atoms with E-state index in [0.717, 1.165) is 12.5 Å². The largest absolute Gasteiger partial charge is 0.343 e. The van der Waals surface area contributed by atoms with E-state index in [1.807, 2.05) is 0 Å². The Labute approximate surface area is 148 Å². The highest BCUT2D eigenvalue weighted by molar-refractivity contribution is 14.1. The molecule has 1 heterocycles. The predicted molar refractivity (Wildman–Crippen MR) is 103 cm³/mol. The van der Waals surface area contributed by atoms with Crippen molar-refractivity contribution >= 4 is 22.6 Å². The Hall–Kier alpha value is -0.770. The monoisotopic (exact) mass is 407 g/mol. The van der Waals surface area contributed by atoms with Crippen LogP contribution in [0, 0.1) is 3.57 Å². The van der Waals surface area contributed by atoms with E-state index in [9.17, 15) is 0 Å². The Balaban J connectivity index is 1.96. The number of halogens is 1. The SMILES string of the molecule is CCCc1c(I)cc(C2CCCCC2)n1Cc1ccccc1. The van der Waals surface area contributed by atoms with E-state index in [2.05, 4.69) is 70.5 Å². The molecule has 0 radical (unpaired) electrons. The molecule has 1 aromatic heterocycles. The molecule has 0 aliphatic heterocycles. The number of rotatable bonds is 5. The lowest BCUT2D eigenvalue weighted by atomic mass is 9.87. The summed E-state index contributed by atoms with van der Waals surface area (Å²) in [6.07, 6.45) is 9.40. The van der Waals surface area contributed by atoms with Crippen LogP contribution < -0.4 is 0 Å². The van der Waals surface area contributed by atoms with Crippen LogP contribution in [0.5, 0.6) is 0 Å². The minimum Gasteiger partial charge on any atom is -0.343 e. The van der Waals surface area contributed by atoms with E-state index in [4.69, 9.17) is 0 Å². The summed E-state index contributed by atoms with van der Waals surface area (Å²) in [6.45, 7) is 3.32. The number of hydrogen-bond acceptors (Lipinski definition) is 0. The van der Waals surface area contributed by atoms with Crippen LogP contribution in [-0.2, 0) is 13.0 Å². The summed E-state index contributed by atoms with van der Waals surface area (Å²) >= 11 is 2.55. The smallest absolute Gasteiger partial charge is 0.0476 e. The Bertz CT molecular complexity index is 594. The lowest BCUT2D eigenvalue weighted by Gasteiger charge is -2.24. The number of benzene rings is 1. The predicted octanol–water partition coefficient (Wildman–Crippen LogP) is 6.14. The van der Waals surface area contributed by atoms with Crippen molar-refractivity contribution in [2.45, 2.75) is 64.3 Å². The number of hydrogen-bond donors (Lipinski definition) is 0. The Morgan fingerprint density at radius 3 is 2.50 bits per heavy atom. The molecule has 3 rings (SSSR count). The van der Waals surface area contributed by atoms with Gasteiger partial charge in [-0.25, -0.2) is 0 Å². The van der Waals surface area contributed by atoms with E-state index < -0.39 is 0 Å². The first-order valence-corrected chi connectivity index (χ1v) is 9.79. The van der Waals surface area contributed by atoms with Gasteiger partial charge in [0.15, 0.2) is 0 Å². The van der Waals surface area contributed by atoms with Crippen LogP contribution >= 0.6 is 22.6 Å². The fourth-order valence-electron chi connectivity index (χ4n) is 3.76. The summed E-state index contributed by atoms with van der Waals surface area (Å²) < 4.78 is 4.10. The van der Waals surface area contributed by atoms with Crippen molar-refractivity contribution in [1.82, 2.24) is 4.57 Å². The van der Waals surface area contributed by atoms with Crippen LogP contribution in [0.3, 0.4) is 0 Å². The van der Waals surface area contributed by atoms with Crippen LogP contribution in [0.2, 0.25) is 0 Å². The number of nitrogens with zero attached hydrogens (tertiary/aromatic N) is 1. The van der Waals surface area contributed by atoms with Crippen molar-refractivity contribution in [2.24, 2.45) is 0 Å². The minimum absolute atomic E-state index is 0.775. The molecule has 0 unspecified atom stereocenters. The molecule has 0 N–H and O–H groups in total. The van der Waals surface area contributed by atoms with Gasteiger partial charge in [-0.1, -0.05) is 62.9 Å². The van der Waals surface area contributed by atoms with Gasteiger partial charge < -0.3 is 4.57 Å². The normalized spacial score (nSPS) is 16.1. The third-order valence-corrected chi connectivity index (χ3v) is 5.82. The summed E-state index contributed by atoms with van der Waals surface area (Å²) in [4.78, 5) is 0. The maximum atomic E-state index is 2.64. The zero-order chi connectivity index (χ0) is 15.4. The molecule has 0 saturated heterocycles. The standard InChI is InChI=1S/C20H26IN/c1-2-9-19-18(21)14-20(17-12-7-4-8-13-17)22(19)15-16-10-5-3-6-11-16/h3,5-6,10-11,14,17H,2,4,7-9,12-13,15H2,1H3. The lowest BCUT2D eigenvalue weighted by Crippen LogP contribution is -2.14. The molecule has 1 aliphatic carbocycles. The Morgan fingerprint density at radius 1 is 1.09 bits per heavy atom. The summed E-state index contributed by atoms with van der Waals surface area (Å²) in [5, 5.41) is 0. The quantitative estimate of drug-likeness (QED) is 0.525. The van der Waals surface area contributed by atoms with Gasteiger partial charge in [-0.15, -0.1) is 0 Å². The van der Waals surface area contributed by atoms with Gasteiger partial charge >= 0.3 is 0 Å². The third kappa shape index (κ3) is 3.58. The maximum Gasteiger partial charge on any atom is 0.0476 e. The van der Waals surface area contributed by atoms with Gasteiger partial charge in [-0.2, -0.15) is 0 Å². The Morgan fingerprint density at radius 2 is 1.82 bits per heavy atom. The molecule has 0 bridgehead atoms. The van der Waals surface area contributed by atoms with E-state index in [0.29, 0.717) is 0 Å². The van der Waals surface area contributed by atoms with Crippen LogP contribution in [0.15, 0.2) is 36.4 Å². The van der Waals surface area contributed by atoms with Crippen LogP contribution in [0.25, 0.3) is 0 Å². The summed E-state index contributed by atoms with van der Waals surface area (Å²) in [5.74, 6) is 0.775. The van der Waals surface area contributed by atoms with E-state index in [1.54, 1.807) is 11.4 Å². The second kappa shape index (κ2) is 7.67. The van der Waals surface area contributed by atoms with Gasteiger partial charge in [0.05, 0.1) is 0 Å². The first-order valence-electron chi connectivity index (χ1n) is 8.71. The van der Waals surface area contributed by atoms with Gasteiger partial charge in [0.2, 0.25) is 0 Å². The Kier molecular flexibility index (Phi) is 5.61. The van der Waals surface area contributed by atoms with E-state index in [-0.39, 0.29) is 0 Å². The third-order valence-electron chi connectivity index (χ3n) is 4.88. The fourth-order valence-corrected chi connectivity index (χ4v) is 4.64. The van der Waals surface area contributed by atoms with Crippen LogP contribution in [0.1, 0.15) is 68.3 Å². The number of aromatic nitrogens is 1. The molecular weight excluding hydrogens is 381 g/mol. The highest BCUT2D eigenvalue weighted by atomic mass is 127. The molecule has 0 amide bonds. The van der Waals surface area contributed by atoms with Gasteiger partial charge in [0, 0.05) is 21.5 Å². The molecule has 1 aromatic carbocycles. The first-order chi connectivity index (χ1) is 10.8. The summed E-state index contributed by atoms with van der Waals surface area (Å²) in [5.41, 5.74) is 4.56. The molecule has 118 valence electrons. The molecule has 1 saturated carbocycles. The van der Waals surface area contributed by atoms with Crippen LogP contribution in [0.4, 0.5) is 0 Å². The van der Waals surface area contributed by atoms with E-state index in [1.165, 1.54) is 54.1 Å². The molecule has 2 heteroatoms. The molecule has 22 heavy (non-hydrogen) atoms. The topological polar surface area (TPSA) is 4.93 Å². The average Bonchev–Trinajstić information content (AvgIpc) is 2.86. The van der Waals surface area contributed by atoms with Crippen molar-refractivity contribution in [1.29, 1.82) is 0 Å². The van der Waals surface area contributed by atoms with Crippen molar-refractivity contribution in [2.75, 3.05) is 0 Å². The van der Waals surface area contributed by atoms with Gasteiger partial charge in [-0.3, -0.25) is 0 Å². The van der Waals surface area contributed by atoms with Crippen molar-refractivity contribution in [3.8, 4) is 0 Å². The molecule has 0 atom stereocenters. The maximum absolute atomic E-state index is 2.64. The fraction of sp³-hybridized carbons (Fsp3) is 0.500. The van der Waals surface area contributed by atoms with Crippen molar-refractivity contribution in [3.05, 3.63) is 56.9 Å². The molecule has 1 nitrogen and oxygen atoms in total. The van der Waals surface area contributed by atoms with Crippen molar-refractivity contribution < 1.29 is 0 Å². The molecule has 1 aliphatic rings. The zero-order valence-electron chi connectivity index (χ0n) is 13.5. The van der Waals surface area contributed by atoms with Crippen molar-refractivity contribution in [3.63, 3.8) is 0 Å².